The highest BCUT2D eigenvalue weighted by Crippen LogP contribution is 2.17. The van der Waals surface area contributed by atoms with Gasteiger partial charge < -0.3 is 10.1 Å². The van der Waals surface area contributed by atoms with Crippen LogP contribution in [0.2, 0.25) is 0 Å². The summed E-state index contributed by atoms with van der Waals surface area (Å²) >= 11 is 0. The van der Waals surface area contributed by atoms with Gasteiger partial charge in [0, 0.05) is 17.6 Å². The zero-order chi connectivity index (χ0) is 22.7. The zero-order valence-electron chi connectivity index (χ0n) is 18.8. The Hall–Kier alpha value is -3.87. The van der Waals surface area contributed by atoms with E-state index >= 15 is 0 Å². The fourth-order valence-electron chi connectivity index (χ4n) is 3.66. The van der Waals surface area contributed by atoms with Crippen LogP contribution in [0, 0.1) is 27.7 Å². The van der Waals surface area contributed by atoms with Crippen LogP contribution < -0.4 is 10.1 Å². The highest BCUT2D eigenvalue weighted by atomic mass is 16.5. The first-order valence-corrected chi connectivity index (χ1v) is 10.5. The third-order valence-electron chi connectivity index (χ3n) is 5.05. The molecule has 0 unspecified atom stereocenters. The van der Waals surface area contributed by atoms with Gasteiger partial charge in [0.25, 0.3) is 5.91 Å². The molecule has 0 saturated heterocycles. The van der Waals surface area contributed by atoms with Crippen molar-refractivity contribution < 1.29 is 9.53 Å². The summed E-state index contributed by atoms with van der Waals surface area (Å²) in [6, 6.07) is 17.5. The molecule has 0 aliphatic rings. The first kappa shape index (κ1) is 21.4. The van der Waals surface area contributed by atoms with Crippen molar-refractivity contribution in [2.24, 2.45) is 0 Å². The van der Waals surface area contributed by atoms with E-state index in [0.29, 0.717) is 12.2 Å². The van der Waals surface area contributed by atoms with Crippen molar-refractivity contribution >= 4 is 11.6 Å². The van der Waals surface area contributed by atoms with Gasteiger partial charge >= 0.3 is 0 Å². The van der Waals surface area contributed by atoms with Crippen LogP contribution in [0.1, 0.15) is 38.6 Å². The molecule has 4 aromatic rings. The van der Waals surface area contributed by atoms with E-state index in [9.17, 15) is 4.79 Å². The SMILES string of the molecule is Cc1cc(C)cc(OCn2ccc(C(=O)Nc3cccc(Cn4nc(C)cc4C)c3)n2)c1. The van der Waals surface area contributed by atoms with Gasteiger partial charge in [0.15, 0.2) is 12.4 Å². The van der Waals surface area contributed by atoms with Gasteiger partial charge in [0.05, 0.1) is 12.2 Å². The van der Waals surface area contributed by atoms with Gasteiger partial charge in [-0.3, -0.25) is 9.48 Å². The van der Waals surface area contributed by atoms with E-state index in [4.69, 9.17) is 4.74 Å². The molecule has 2 aromatic heterocycles. The van der Waals surface area contributed by atoms with Crippen molar-refractivity contribution in [1.29, 1.82) is 0 Å². The molecule has 0 atom stereocenters. The van der Waals surface area contributed by atoms with Gasteiger partial charge in [-0.05, 0) is 80.8 Å². The average molecular weight is 430 g/mol. The van der Waals surface area contributed by atoms with Gasteiger partial charge in [-0.1, -0.05) is 18.2 Å². The summed E-state index contributed by atoms with van der Waals surface area (Å²) in [5, 5.41) is 11.8. The van der Waals surface area contributed by atoms with Gasteiger partial charge in [0.2, 0.25) is 0 Å². The lowest BCUT2D eigenvalue weighted by Gasteiger charge is -2.09. The summed E-state index contributed by atoms with van der Waals surface area (Å²) in [5.74, 6) is 0.516. The molecule has 0 saturated carbocycles. The monoisotopic (exact) mass is 429 g/mol. The van der Waals surface area contributed by atoms with Gasteiger partial charge in [-0.15, -0.1) is 0 Å². The maximum atomic E-state index is 12.7. The van der Waals surface area contributed by atoms with Crippen molar-refractivity contribution in [3.8, 4) is 5.75 Å². The fourth-order valence-corrected chi connectivity index (χ4v) is 3.66. The van der Waals surface area contributed by atoms with Crippen molar-refractivity contribution in [3.05, 3.63) is 94.6 Å². The minimum absolute atomic E-state index is 0.230. The second kappa shape index (κ2) is 9.09. The molecule has 2 heterocycles. The molecule has 164 valence electrons. The van der Waals surface area contributed by atoms with Crippen molar-refractivity contribution in [2.75, 3.05) is 5.32 Å². The van der Waals surface area contributed by atoms with E-state index in [2.05, 4.69) is 21.6 Å². The number of aromatic nitrogens is 4. The molecule has 32 heavy (non-hydrogen) atoms. The van der Waals surface area contributed by atoms with Gasteiger partial charge in [0.1, 0.15) is 5.75 Å². The van der Waals surface area contributed by atoms with E-state index in [-0.39, 0.29) is 12.6 Å². The Balaban J connectivity index is 1.38. The summed E-state index contributed by atoms with van der Waals surface area (Å²) in [4.78, 5) is 12.7. The van der Waals surface area contributed by atoms with Crippen molar-refractivity contribution in [3.63, 3.8) is 0 Å². The van der Waals surface area contributed by atoms with Crippen LogP contribution in [0.15, 0.2) is 60.8 Å². The third kappa shape index (κ3) is 5.24. The predicted octanol–water partition coefficient (Wildman–Crippen LogP) is 4.65. The Kier molecular flexibility index (Phi) is 6.07. The normalized spacial score (nSPS) is 10.9. The number of carbonyl (C=O) groups is 1. The summed E-state index contributed by atoms with van der Waals surface area (Å²) in [5.41, 5.74) is 6.48. The van der Waals surface area contributed by atoms with Crippen LogP contribution in [-0.2, 0) is 13.3 Å². The van der Waals surface area contributed by atoms with E-state index in [1.54, 1.807) is 16.9 Å². The predicted molar refractivity (Wildman–Crippen MR) is 124 cm³/mol. The topological polar surface area (TPSA) is 74.0 Å². The van der Waals surface area contributed by atoms with Crippen molar-refractivity contribution in [1.82, 2.24) is 19.6 Å². The Morgan fingerprint density at radius 2 is 1.75 bits per heavy atom. The number of nitrogens with zero attached hydrogens (tertiary/aromatic N) is 4. The smallest absolute Gasteiger partial charge is 0.276 e. The number of hydrogen-bond donors (Lipinski definition) is 1. The Morgan fingerprint density at radius 3 is 2.47 bits per heavy atom. The number of nitrogens with one attached hydrogen (secondary N) is 1. The summed E-state index contributed by atoms with van der Waals surface area (Å²) in [6.45, 7) is 8.95. The molecule has 0 aliphatic carbocycles. The number of aryl methyl sites for hydroxylation is 4. The summed E-state index contributed by atoms with van der Waals surface area (Å²) in [7, 11) is 0. The van der Waals surface area contributed by atoms with Crippen LogP contribution in [0.25, 0.3) is 0 Å². The minimum Gasteiger partial charge on any atom is -0.471 e. The highest BCUT2D eigenvalue weighted by molar-refractivity contribution is 6.02. The molecule has 2 aromatic carbocycles. The third-order valence-corrected chi connectivity index (χ3v) is 5.05. The van der Waals surface area contributed by atoms with E-state index in [1.165, 1.54) is 0 Å². The minimum atomic E-state index is -0.265. The summed E-state index contributed by atoms with van der Waals surface area (Å²) < 4.78 is 9.36. The number of ether oxygens (including phenoxy) is 1. The molecule has 7 nitrogen and oxygen atoms in total. The molecule has 4 rings (SSSR count). The zero-order valence-corrected chi connectivity index (χ0v) is 18.8. The number of anilines is 1. The fraction of sp³-hybridized carbons (Fsp3) is 0.240. The molecule has 0 radical (unpaired) electrons. The molecule has 0 bridgehead atoms. The molecule has 7 heteroatoms. The van der Waals surface area contributed by atoms with Crippen LogP contribution in [0.5, 0.6) is 5.75 Å². The average Bonchev–Trinajstić information content (AvgIpc) is 3.32. The lowest BCUT2D eigenvalue weighted by Crippen LogP contribution is -2.14. The lowest BCUT2D eigenvalue weighted by atomic mass is 10.1. The Bertz CT molecular complexity index is 1230. The van der Waals surface area contributed by atoms with Crippen LogP contribution in [0.4, 0.5) is 5.69 Å². The van der Waals surface area contributed by atoms with E-state index in [1.807, 2.05) is 74.8 Å². The highest BCUT2D eigenvalue weighted by Gasteiger charge is 2.11. The first-order valence-electron chi connectivity index (χ1n) is 10.5. The molecule has 1 N–H and O–H groups in total. The molecule has 0 fully saturated rings. The second-order valence-electron chi connectivity index (χ2n) is 8.08. The molecule has 0 spiro atoms. The number of amides is 1. The quantitative estimate of drug-likeness (QED) is 0.464. The number of hydrogen-bond acceptors (Lipinski definition) is 4. The second-order valence-corrected chi connectivity index (χ2v) is 8.08. The molecular formula is C25H27N5O2. The van der Waals surface area contributed by atoms with Gasteiger partial charge in [-0.2, -0.15) is 10.2 Å². The lowest BCUT2D eigenvalue weighted by molar-refractivity contribution is 0.102. The maximum absolute atomic E-state index is 12.7. The molecule has 0 aliphatic heterocycles. The van der Waals surface area contributed by atoms with Crippen LogP contribution in [0.3, 0.4) is 0 Å². The van der Waals surface area contributed by atoms with E-state index < -0.39 is 0 Å². The summed E-state index contributed by atoms with van der Waals surface area (Å²) in [6.07, 6.45) is 1.73. The van der Waals surface area contributed by atoms with Crippen LogP contribution in [-0.4, -0.2) is 25.5 Å². The maximum Gasteiger partial charge on any atom is 0.276 e. The number of carbonyl (C=O) groups excluding carboxylic acids is 1. The largest absolute Gasteiger partial charge is 0.471 e. The van der Waals surface area contributed by atoms with Crippen LogP contribution >= 0.6 is 0 Å². The molecular weight excluding hydrogens is 402 g/mol. The first-order chi connectivity index (χ1) is 15.4. The number of rotatable bonds is 7. The Labute approximate surface area is 187 Å². The van der Waals surface area contributed by atoms with Gasteiger partial charge in [-0.25, -0.2) is 4.68 Å². The molecule has 1 amide bonds. The van der Waals surface area contributed by atoms with Crippen molar-refractivity contribution in [2.45, 2.75) is 41.0 Å². The van der Waals surface area contributed by atoms with E-state index in [0.717, 1.165) is 39.5 Å². The Morgan fingerprint density at radius 1 is 0.969 bits per heavy atom. The number of benzene rings is 2. The standard InChI is InChI=1S/C25H27N5O2/c1-17-10-18(2)12-23(11-17)32-16-29-9-8-24(28-29)25(31)26-22-7-5-6-21(14-22)15-30-20(4)13-19(3)27-30/h5-14H,15-16H2,1-4H3,(H,26,31).